The van der Waals surface area contributed by atoms with E-state index < -0.39 is 5.97 Å². The smallest absolute Gasteiger partial charge is 0.300 e. The predicted octanol–water partition coefficient (Wildman–Crippen LogP) is 0.563. The summed E-state index contributed by atoms with van der Waals surface area (Å²) in [6.45, 7) is 1.59. The van der Waals surface area contributed by atoms with Crippen LogP contribution in [-0.2, 0) is 11.3 Å². The van der Waals surface area contributed by atoms with Gasteiger partial charge in [0.05, 0.1) is 12.9 Å². The topological polar surface area (TPSA) is 101 Å². The number of fused-ring (bicyclic) bond motifs is 1. The van der Waals surface area contributed by atoms with Gasteiger partial charge in [-0.05, 0) is 0 Å². The molecule has 2 aromatic heterocycles. The molecule has 0 unspecified atom stereocenters. The number of carboxylic acid groups (broad SMARTS) is 1. The summed E-state index contributed by atoms with van der Waals surface area (Å²) in [6.07, 6.45) is 2.96. The second kappa shape index (κ2) is 6.12. The van der Waals surface area contributed by atoms with Crippen molar-refractivity contribution >= 4 is 28.7 Å². The average molecular weight is 259 g/mol. The zero-order valence-corrected chi connectivity index (χ0v) is 9.79. The molecule has 2 rings (SSSR count). The van der Waals surface area contributed by atoms with Crippen molar-refractivity contribution in [3.8, 4) is 0 Å². The molecule has 0 atom stereocenters. The van der Waals surface area contributed by atoms with Gasteiger partial charge < -0.3 is 14.8 Å². The fraction of sp³-hybridized carbons (Fsp3) is 0.333. The molecule has 0 saturated carbocycles. The lowest BCUT2D eigenvalue weighted by molar-refractivity contribution is -0.134. The Hall–Kier alpha value is -1.73. The number of carboxylic acids is 1. The molecular weight excluding hydrogens is 248 g/mol. The number of hydrogen-bond donors (Lipinski definition) is 2. The van der Waals surface area contributed by atoms with Gasteiger partial charge in [0.25, 0.3) is 5.97 Å². The van der Waals surface area contributed by atoms with Crippen LogP contribution in [0.4, 0.5) is 0 Å². The maximum atomic E-state index is 9.00. The zero-order chi connectivity index (χ0) is 12.8. The Bertz CT molecular complexity index is 510. The Balaban J connectivity index is 0.000000317. The molecule has 2 aromatic rings. The van der Waals surface area contributed by atoms with E-state index in [-0.39, 0.29) is 6.61 Å². The van der Waals surface area contributed by atoms with Gasteiger partial charge >= 0.3 is 0 Å². The largest absolute Gasteiger partial charge is 0.481 e. The highest BCUT2D eigenvalue weighted by Gasteiger charge is 2.06. The lowest BCUT2D eigenvalue weighted by Crippen LogP contribution is -2.01. The van der Waals surface area contributed by atoms with E-state index in [1.807, 2.05) is 0 Å². The normalized spacial score (nSPS) is 9.82. The van der Waals surface area contributed by atoms with E-state index >= 15 is 0 Å². The Morgan fingerprint density at radius 3 is 2.71 bits per heavy atom. The first kappa shape index (κ1) is 13.3. The van der Waals surface area contributed by atoms with Gasteiger partial charge in [-0.1, -0.05) is 11.6 Å². The number of aliphatic hydroxyl groups excluding tert-OH is 1. The lowest BCUT2D eigenvalue weighted by Gasteiger charge is -1.98. The van der Waals surface area contributed by atoms with E-state index in [2.05, 4.69) is 15.0 Å². The lowest BCUT2D eigenvalue weighted by atomic mass is 10.5. The zero-order valence-electron chi connectivity index (χ0n) is 9.04. The predicted molar refractivity (Wildman–Crippen MR) is 60.7 cm³/mol. The molecular formula is C9H11ClN4O3. The van der Waals surface area contributed by atoms with Gasteiger partial charge in [0.1, 0.15) is 11.8 Å². The maximum Gasteiger partial charge on any atom is 0.300 e. The molecule has 2 N–H and O–H groups in total. The molecule has 92 valence electrons. The van der Waals surface area contributed by atoms with Crippen LogP contribution in [0.25, 0.3) is 11.2 Å². The van der Waals surface area contributed by atoms with E-state index in [4.69, 9.17) is 26.6 Å². The van der Waals surface area contributed by atoms with Crippen molar-refractivity contribution in [2.75, 3.05) is 6.61 Å². The van der Waals surface area contributed by atoms with Crippen molar-refractivity contribution in [1.29, 1.82) is 0 Å². The molecule has 0 aliphatic rings. The van der Waals surface area contributed by atoms with Crippen LogP contribution in [0.5, 0.6) is 0 Å². The van der Waals surface area contributed by atoms with Crippen LogP contribution in [0.3, 0.4) is 0 Å². The highest BCUT2D eigenvalue weighted by Crippen LogP contribution is 2.16. The third-order valence-corrected chi connectivity index (χ3v) is 1.97. The van der Waals surface area contributed by atoms with Crippen LogP contribution in [0.15, 0.2) is 12.7 Å². The summed E-state index contributed by atoms with van der Waals surface area (Å²) in [5.74, 6) is -0.833. The molecule has 17 heavy (non-hydrogen) atoms. The fourth-order valence-electron chi connectivity index (χ4n) is 1.12. The molecule has 2 heterocycles. The van der Waals surface area contributed by atoms with Gasteiger partial charge in [-0.3, -0.25) is 4.79 Å². The van der Waals surface area contributed by atoms with E-state index in [1.54, 1.807) is 10.9 Å². The van der Waals surface area contributed by atoms with Crippen molar-refractivity contribution in [1.82, 2.24) is 19.5 Å². The van der Waals surface area contributed by atoms with Gasteiger partial charge in [0.2, 0.25) is 0 Å². The summed E-state index contributed by atoms with van der Waals surface area (Å²) in [7, 11) is 0. The van der Waals surface area contributed by atoms with Crippen molar-refractivity contribution in [2.24, 2.45) is 0 Å². The molecule has 0 spiro atoms. The average Bonchev–Trinajstić information content (AvgIpc) is 2.63. The van der Waals surface area contributed by atoms with Crippen LogP contribution in [-0.4, -0.2) is 42.3 Å². The summed E-state index contributed by atoms with van der Waals surface area (Å²) < 4.78 is 1.73. The molecule has 7 nitrogen and oxygen atoms in total. The second-order valence-electron chi connectivity index (χ2n) is 3.02. The van der Waals surface area contributed by atoms with Crippen LogP contribution in [0, 0.1) is 0 Å². The SMILES string of the molecule is CC(=O)O.OCCn1cnc2c(Cl)ncnc21. The highest BCUT2D eigenvalue weighted by molar-refractivity contribution is 6.33. The Morgan fingerprint density at radius 2 is 2.12 bits per heavy atom. The summed E-state index contributed by atoms with van der Waals surface area (Å²) in [4.78, 5) is 20.8. The third-order valence-electron chi connectivity index (χ3n) is 1.70. The standard InChI is InChI=1S/C7H7ClN4O.C2H4O2/c8-6-5-7(10-3-9-6)12(1-2-13)4-11-5;1-2(3)4/h3-4,13H,1-2H2;1H3,(H,3,4). The summed E-state index contributed by atoms with van der Waals surface area (Å²) in [6, 6.07) is 0. The number of rotatable bonds is 2. The Labute approximate surface area is 102 Å². The quantitative estimate of drug-likeness (QED) is 0.764. The minimum Gasteiger partial charge on any atom is -0.481 e. The van der Waals surface area contributed by atoms with Gasteiger partial charge in [0, 0.05) is 13.5 Å². The van der Waals surface area contributed by atoms with Crippen LogP contribution < -0.4 is 0 Å². The number of carbonyl (C=O) groups is 1. The Morgan fingerprint density at radius 1 is 1.47 bits per heavy atom. The maximum absolute atomic E-state index is 9.00. The molecule has 0 aliphatic heterocycles. The molecule has 0 aliphatic carbocycles. The second-order valence-corrected chi connectivity index (χ2v) is 3.38. The highest BCUT2D eigenvalue weighted by atomic mass is 35.5. The summed E-state index contributed by atoms with van der Waals surface area (Å²) in [5, 5.41) is 16.5. The minimum atomic E-state index is -0.833. The summed E-state index contributed by atoms with van der Waals surface area (Å²) >= 11 is 5.78. The fourth-order valence-corrected chi connectivity index (χ4v) is 1.30. The van der Waals surface area contributed by atoms with Crippen molar-refractivity contribution in [2.45, 2.75) is 13.5 Å². The molecule has 8 heteroatoms. The van der Waals surface area contributed by atoms with Crippen LogP contribution in [0.2, 0.25) is 5.15 Å². The number of aliphatic carboxylic acids is 1. The number of halogens is 1. The molecule has 0 aromatic carbocycles. The first-order valence-electron chi connectivity index (χ1n) is 4.68. The molecule has 0 amide bonds. The third kappa shape index (κ3) is 3.65. The molecule has 0 saturated heterocycles. The Kier molecular flexibility index (Phi) is 4.80. The molecule has 0 radical (unpaired) electrons. The first-order valence-corrected chi connectivity index (χ1v) is 5.05. The van der Waals surface area contributed by atoms with E-state index in [0.29, 0.717) is 22.9 Å². The van der Waals surface area contributed by atoms with Crippen LogP contribution >= 0.6 is 11.6 Å². The van der Waals surface area contributed by atoms with E-state index in [9.17, 15) is 0 Å². The van der Waals surface area contributed by atoms with Crippen molar-refractivity contribution in [3.63, 3.8) is 0 Å². The van der Waals surface area contributed by atoms with Gasteiger partial charge in [-0.15, -0.1) is 0 Å². The van der Waals surface area contributed by atoms with E-state index in [1.165, 1.54) is 6.33 Å². The van der Waals surface area contributed by atoms with Crippen LogP contribution in [0.1, 0.15) is 6.92 Å². The summed E-state index contributed by atoms with van der Waals surface area (Å²) in [5.41, 5.74) is 1.21. The number of aromatic nitrogens is 4. The number of aliphatic hydroxyl groups is 1. The molecule has 0 fully saturated rings. The van der Waals surface area contributed by atoms with Gasteiger partial charge in [0.15, 0.2) is 10.8 Å². The number of nitrogens with zero attached hydrogens (tertiary/aromatic N) is 4. The van der Waals surface area contributed by atoms with E-state index in [0.717, 1.165) is 6.92 Å². The first-order chi connectivity index (χ1) is 8.06. The molecule has 0 bridgehead atoms. The van der Waals surface area contributed by atoms with Gasteiger partial charge in [-0.25, -0.2) is 15.0 Å². The number of hydrogen-bond acceptors (Lipinski definition) is 5. The monoisotopic (exact) mass is 258 g/mol. The van der Waals surface area contributed by atoms with Gasteiger partial charge in [-0.2, -0.15) is 0 Å². The number of imidazole rings is 1. The van der Waals surface area contributed by atoms with Crippen molar-refractivity contribution < 1.29 is 15.0 Å². The van der Waals surface area contributed by atoms with Crippen molar-refractivity contribution in [3.05, 3.63) is 17.8 Å². The minimum absolute atomic E-state index is 0.0487.